The third-order valence-electron chi connectivity index (χ3n) is 5.30. The minimum Gasteiger partial charge on any atom is -0.353 e. The standard InChI is InChI=1S/C25H23N5/c1-29(25-26-16-17-27-25)28-18-22-21-14-8-9-15-23(21)30(20-12-6-3-7-13-20)24(22)19-10-4-2-5-11-19/h2-15,18H,16-17H2,1H3,(H,26,27)/b28-18+. The van der Waals surface area contributed by atoms with Crippen LogP contribution in [0, 0.1) is 0 Å². The molecule has 0 saturated heterocycles. The summed E-state index contributed by atoms with van der Waals surface area (Å²) in [5, 5.41) is 11.0. The molecular weight excluding hydrogens is 370 g/mol. The Morgan fingerprint density at radius 2 is 1.63 bits per heavy atom. The topological polar surface area (TPSA) is 44.9 Å². The molecule has 0 radical (unpaired) electrons. The van der Waals surface area contributed by atoms with Crippen molar-refractivity contribution in [1.29, 1.82) is 0 Å². The Bertz CT molecular complexity index is 1220. The molecule has 148 valence electrons. The third kappa shape index (κ3) is 3.24. The van der Waals surface area contributed by atoms with Gasteiger partial charge in [-0.1, -0.05) is 66.7 Å². The zero-order chi connectivity index (χ0) is 20.3. The van der Waals surface area contributed by atoms with Crippen LogP contribution in [0.3, 0.4) is 0 Å². The van der Waals surface area contributed by atoms with Crippen molar-refractivity contribution in [1.82, 2.24) is 14.9 Å². The fraction of sp³-hybridized carbons (Fsp3) is 0.120. The molecule has 5 nitrogen and oxygen atoms in total. The first-order valence-corrected chi connectivity index (χ1v) is 10.1. The maximum Gasteiger partial charge on any atom is 0.214 e. The number of hydrogen-bond acceptors (Lipinski definition) is 4. The van der Waals surface area contributed by atoms with Crippen molar-refractivity contribution in [3.8, 4) is 16.9 Å². The van der Waals surface area contributed by atoms with Gasteiger partial charge < -0.3 is 9.88 Å². The minimum atomic E-state index is 0.789. The molecule has 0 amide bonds. The van der Waals surface area contributed by atoms with Gasteiger partial charge in [-0.25, -0.2) is 10.0 Å². The van der Waals surface area contributed by atoms with E-state index in [0.717, 1.165) is 47.1 Å². The van der Waals surface area contributed by atoms with Gasteiger partial charge in [0.05, 0.1) is 24.0 Å². The fourth-order valence-electron chi connectivity index (χ4n) is 3.92. The van der Waals surface area contributed by atoms with Gasteiger partial charge in [0.2, 0.25) is 5.96 Å². The number of para-hydroxylation sites is 2. The molecule has 0 spiro atoms. The van der Waals surface area contributed by atoms with Crippen LogP contribution in [-0.4, -0.2) is 41.9 Å². The van der Waals surface area contributed by atoms with E-state index >= 15 is 0 Å². The highest BCUT2D eigenvalue weighted by Crippen LogP contribution is 2.35. The first-order valence-electron chi connectivity index (χ1n) is 10.1. The van der Waals surface area contributed by atoms with Gasteiger partial charge in [-0.2, -0.15) is 5.10 Å². The highest BCUT2D eigenvalue weighted by molar-refractivity contribution is 6.07. The van der Waals surface area contributed by atoms with Gasteiger partial charge in [0.1, 0.15) is 0 Å². The Morgan fingerprint density at radius 3 is 2.37 bits per heavy atom. The number of hydrogen-bond donors (Lipinski definition) is 1. The first kappa shape index (κ1) is 18.2. The lowest BCUT2D eigenvalue weighted by Gasteiger charge is -2.13. The molecule has 5 heteroatoms. The molecular formula is C25H23N5. The Kier molecular flexibility index (Phi) is 4.77. The number of benzene rings is 3. The smallest absolute Gasteiger partial charge is 0.214 e. The Hall–Kier alpha value is -3.86. The van der Waals surface area contributed by atoms with Gasteiger partial charge in [0.15, 0.2) is 0 Å². The lowest BCUT2D eigenvalue weighted by molar-refractivity contribution is 0.531. The quantitative estimate of drug-likeness (QED) is 0.409. The van der Waals surface area contributed by atoms with E-state index in [2.05, 4.69) is 87.7 Å². The van der Waals surface area contributed by atoms with Crippen molar-refractivity contribution < 1.29 is 0 Å². The molecule has 1 aliphatic heterocycles. The van der Waals surface area contributed by atoms with Gasteiger partial charge in [-0.3, -0.25) is 0 Å². The highest BCUT2D eigenvalue weighted by atomic mass is 15.5. The van der Waals surface area contributed by atoms with Gasteiger partial charge in [-0.15, -0.1) is 0 Å². The molecule has 0 unspecified atom stereocenters. The van der Waals surface area contributed by atoms with Crippen LogP contribution >= 0.6 is 0 Å². The number of guanidine groups is 1. The largest absolute Gasteiger partial charge is 0.353 e. The van der Waals surface area contributed by atoms with Crippen molar-refractivity contribution in [2.24, 2.45) is 10.1 Å². The molecule has 3 aromatic carbocycles. The maximum atomic E-state index is 4.72. The number of hydrazone groups is 1. The van der Waals surface area contributed by atoms with Crippen LogP contribution in [0.15, 0.2) is 95.0 Å². The summed E-state index contributed by atoms with van der Waals surface area (Å²) in [5.41, 5.74) is 5.65. The Labute approximate surface area is 176 Å². The predicted molar refractivity (Wildman–Crippen MR) is 124 cm³/mol. The second kappa shape index (κ2) is 7.87. The van der Waals surface area contributed by atoms with E-state index in [4.69, 9.17) is 5.10 Å². The number of nitrogens with zero attached hydrogens (tertiary/aromatic N) is 4. The summed E-state index contributed by atoms with van der Waals surface area (Å²) < 4.78 is 2.32. The first-order chi connectivity index (χ1) is 14.8. The van der Waals surface area contributed by atoms with Crippen LogP contribution in [0.4, 0.5) is 0 Å². The molecule has 0 aliphatic carbocycles. The lowest BCUT2D eigenvalue weighted by Crippen LogP contribution is -2.32. The van der Waals surface area contributed by atoms with E-state index in [1.54, 1.807) is 5.01 Å². The van der Waals surface area contributed by atoms with E-state index in [0.29, 0.717) is 0 Å². The number of nitrogens with one attached hydrogen (secondary N) is 1. The summed E-state index contributed by atoms with van der Waals surface area (Å²) in [6.45, 7) is 1.65. The number of aliphatic imine (C=N–C) groups is 1. The molecule has 0 atom stereocenters. The van der Waals surface area contributed by atoms with Gasteiger partial charge in [-0.05, 0) is 23.8 Å². The van der Waals surface area contributed by atoms with Crippen molar-refractivity contribution in [2.75, 3.05) is 20.1 Å². The Balaban J connectivity index is 1.75. The summed E-state index contributed by atoms with van der Waals surface area (Å²) in [4.78, 5) is 4.46. The van der Waals surface area contributed by atoms with Crippen LogP contribution in [0.5, 0.6) is 0 Å². The molecule has 2 heterocycles. The second-order valence-electron chi connectivity index (χ2n) is 7.22. The van der Waals surface area contributed by atoms with Crippen LogP contribution in [0.2, 0.25) is 0 Å². The summed E-state index contributed by atoms with van der Waals surface area (Å²) in [6.07, 6.45) is 1.95. The zero-order valence-corrected chi connectivity index (χ0v) is 16.9. The Morgan fingerprint density at radius 1 is 0.933 bits per heavy atom. The van der Waals surface area contributed by atoms with Crippen molar-refractivity contribution in [2.45, 2.75) is 0 Å². The molecule has 30 heavy (non-hydrogen) atoms. The number of fused-ring (bicyclic) bond motifs is 1. The van der Waals surface area contributed by atoms with Crippen LogP contribution < -0.4 is 5.32 Å². The normalized spacial score (nSPS) is 13.6. The molecule has 0 saturated carbocycles. The molecule has 1 aromatic heterocycles. The summed E-state index contributed by atoms with van der Waals surface area (Å²) in [5.74, 6) is 0.805. The minimum absolute atomic E-state index is 0.789. The van der Waals surface area contributed by atoms with E-state index in [-0.39, 0.29) is 0 Å². The van der Waals surface area contributed by atoms with E-state index in [9.17, 15) is 0 Å². The van der Waals surface area contributed by atoms with E-state index in [1.807, 2.05) is 25.4 Å². The average Bonchev–Trinajstić information content (AvgIpc) is 3.45. The maximum absolute atomic E-state index is 4.72. The zero-order valence-electron chi connectivity index (χ0n) is 16.9. The number of rotatable bonds is 4. The predicted octanol–water partition coefficient (Wildman–Crippen LogP) is 4.52. The molecule has 1 N–H and O–H groups in total. The van der Waals surface area contributed by atoms with Crippen LogP contribution in [-0.2, 0) is 0 Å². The van der Waals surface area contributed by atoms with Crippen LogP contribution in [0.25, 0.3) is 27.8 Å². The summed E-state index contributed by atoms with van der Waals surface area (Å²) >= 11 is 0. The van der Waals surface area contributed by atoms with Gasteiger partial charge in [0.25, 0.3) is 0 Å². The van der Waals surface area contributed by atoms with Crippen molar-refractivity contribution in [3.05, 3.63) is 90.5 Å². The highest BCUT2D eigenvalue weighted by Gasteiger charge is 2.19. The monoisotopic (exact) mass is 393 g/mol. The van der Waals surface area contributed by atoms with Crippen LogP contribution in [0.1, 0.15) is 5.56 Å². The fourth-order valence-corrected chi connectivity index (χ4v) is 3.92. The number of aromatic nitrogens is 1. The summed E-state index contributed by atoms with van der Waals surface area (Å²) in [7, 11) is 1.92. The van der Waals surface area contributed by atoms with Crippen molar-refractivity contribution >= 4 is 23.1 Å². The molecule has 0 bridgehead atoms. The summed E-state index contributed by atoms with van der Waals surface area (Å²) in [6, 6.07) is 29.5. The molecule has 4 aromatic rings. The van der Waals surface area contributed by atoms with Crippen molar-refractivity contribution in [3.63, 3.8) is 0 Å². The average molecular weight is 393 g/mol. The molecule has 0 fully saturated rings. The van der Waals surface area contributed by atoms with Gasteiger partial charge >= 0.3 is 0 Å². The molecule has 1 aliphatic rings. The van der Waals surface area contributed by atoms with E-state index < -0.39 is 0 Å². The second-order valence-corrected chi connectivity index (χ2v) is 7.22. The van der Waals surface area contributed by atoms with Gasteiger partial charge in [0, 0.05) is 30.2 Å². The SMILES string of the molecule is CN(/N=C/c1c(-c2ccccc2)n(-c2ccccc2)c2ccccc12)C1=NCCN1. The third-order valence-corrected chi connectivity index (χ3v) is 5.30. The van der Waals surface area contributed by atoms with E-state index in [1.165, 1.54) is 5.39 Å². The lowest BCUT2D eigenvalue weighted by atomic mass is 10.1. The molecule has 5 rings (SSSR count).